The van der Waals surface area contributed by atoms with Crippen molar-refractivity contribution in [3.05, 3.63) is 0 Å². The number of piperidine rings is 1. The second-order valence-electron chi connectivity index (χ2n) is 6.01. The van der Waals surface area contributed by atoms with Crippen LogP contribution in [0.25, 0.3) is 0 Å². The maximum atomic E-state index is 12.0. The lowest BCUT2D eigenvalue weighted by molar-refractivity contribution is -0.138. The lowest BCUT2D eigenvalue weighted by atomic mass is 9.94. The first-order valence-electron chi connectivity index (χ1n) is 7.15. The number of nitrogens with zero attached hydrogens (tertiary/aromatic N) is 1. The van der Waals surface area contributed by atoms with Crippen LogP contribution in [0.1, 0.15) is 46.5 Å². The molecule has 2 N–H and O–H groups in total. The minimum atomic E-state index is -0.742. The molecule has 1 fully saturated rings. The molecule has 1 unspecified atom stereocenters. The van der Waals surface area contributed by atoms with Crippen LogP contribution in [-0.4, -0.2) is 41.1 Å². The summed E-state index contributed by atoms with van der Waals surface area (Å²) >= 11 is 0. The van der Waals surface area contributed by atoms with Gasteiger partial charge >= 0.3 is 12.0 Å². The number of hydrogen-bond acceptors (Lipinski definition) is 2. The summed E-state index contributed by atoms with van der Waals surface area (Å²) in [7, 11) is 0. The van der Waals surface area contributed by atoms with Crippen LogP contribution in [-0.2, 0) is 4.79 Å². The van der Waals surface area contributed by atoms with Crippen LogP contribution in [0.15, 0.2) is 0 Å². The normalized spacial score (nSPS) is 18.4. The van der Waals surface area contributed by atoms with Gasteiger partial charge in [-0.25, -0.2) is 4.79 Å². The molecule has 0 spiro atoms. The molecule has 2 amide bonds. The highest BCUT2D eigenvalue weighted by Gasteiger charge is 2.24. The predicted molar refractivity (Wildman–Crippen MR) is 74.0 cm³/mol. The van der Waals surface area contributed by atoms with Crippen molar-refractivity contribution in [1.82, 2.24) is 10.2 Å². The van der Waals surface area contributed by atoms with E-state index in [0.717, 1.165) is 19.3 Å². The Morgan fingerprint density at radius 1 is 1.26 bits per heavy atom. The second kappa shape index (κ2) is 7.36. The van der Waals surface area contributed by atoms with E-state index >= 15 is 0 Å². The number of carboxylic acid groups (broad SMARTS) is 1. The van der Waals surface area contributed by atoms with Crippen molar-refractivity contribution in [3.8, 4) is 0 Å². The Kier molecular flexibility index (Phi) is 6.12. The Labute approximate surface area is 115 Å². The standard InChI is InChI=1S/C14H26N2O3/c1-10(2)8-11(3)15-14(19)16-6-4-12(5-7-16)9-13(17)18/h10-12H,4-9H2,1-3H3,(H,15,19)(H,17,18). The van der Waals surface area contributed by atoms with Gasteiger partial charge in [0.15, 0.2) is 0 Å². The topological polar surface area (TPSA) is 69.6 Å². The molecule has 1 atom stereocenters. The van der Waals surface area contributed by atoms with E-state index in [1.54, 1.807) is 4.90 Å². The number of urea groups is 1. The second-order valence-corrected chi connectivity index (χ2v) is 6.01. The molecule has 0 aromatic carbocycles. The van der Waals surface area contributed by atoms with Crippen LogP contribution in [0.4, 0.5) is 4.79 Å². The van der Waals surface area contributed by atoms with E-state index < -0.39 is 5.97 Å². The number of carbonyl (C=O) groups is 2. The maximum absolute atomic E-state index is 12.0. The van der Waals surface area contributed by atoms with E-state index in [2.05, 4.69) is 19.2 Å². The van der Waals surface area contributed by atoms with Crippen LogP contribution in [0.5, 0.6) is 0 Å². The Balaban J connectivity index is 2.30. The van der Waals surface area contributed by atoms with Crippen molar-refractivity contribution < 1.29 is 14.7 Å². The first-order chi connectivity index (χ1) is 8.88. The summed E-state index contributed by atoms with van der Waals surface area (Å²) in [5, 5.41) is 11.8. The van der Waals surface area contributed by atoms with Crippen molar-refractivity contribution in [2.75, 3.05) is 13.1 Å². The van der Waals surface area contributed by atoms with Gasteiger partial charge in [0.2, 0.25) is 0 Å². The lowest BCUT2D eigenvalue weighted by Gasteiger charge is -2.32. The molecule has 0 radical (unpaired) electrons. The highest BCUT2D eigenvalue weighted by Crippen LogP contribution is 2.20. The lowest BCUT2D eigenvalue weighted by Crippen LogP contribution is -2.47. The van der Waals surface area contributed by atoms with Gasteiger partial charge in [-0.3, -0.25) is 4.79 Å². The summed E-state index contributed by atoms with van der Waals surface area (Å²) < 4.78 is 0. The predicted octanol–water partition coefficient (Wildman–Crippen LogP) is 2.32. The highest BCUT2D eigenvalue weighted by atomic mass is 16.4. The number of aliphatic carboxylic acids is 1. The molecule has 110 valence electrons. The Morgan fingerprint density at radius 3 is 2.32 bits per heavy atom. The molecule has 0 aromatic heterocycles. The quantitative estimate of drug-likeness (QED) is 0.805. The number of rotatable bonds is 5. The van der Waals surface area contributed by atoms with Gasteiger partial charge in [0.25, 0.3) is 0 Å². The molecule has 1 aliphatic heterocycles. The smallest absolute Gasteiger partial charge is 0.317 e. The largest absolute Gasteiger partial charge is 0.481 e. The monoisotopic (exact) mass is 270 g/mol. The van der Waals surface area contributed by atoms with E-state index in [0.29, 0.717) is 19.0 Å². The van der Waals surface area contributed by atoms with Gasteiger partial charge < -0.3 is 15.3 Å². The zero-order valence-electron chi connectivity index (χ0n) is 12.2. The molecule has 5 heteroatoms. The van der Waals surface area contributed by atoms with Gasteiger partial charge in [-0.2, -0.15) is 0 Å². The van der Waals surface area contributed by atoms with Crippen molar-refractivity contribution in [2.45, 2.75) is 52.5 Å². The molecule has 5 nitrogen and oxygen atoms in total. The molecule has 1 rings (SSSR count). The molecule has 1 aliphatic rings. The summed E-state index contributed by atoms with van der Waals surface area (Å²) in [6.45, 7) is 7.63. The van der Waals surface area contributed by atoms with Gasteiger partial charge in [0.1, 0.15) is 0 Å². The molecule has 19 heavy (non-hydrogen) atoms. The third-order valence-corrected chi connectivity index (χ3v) is 3.56. The molecule has 0 saturated carbocycles. The van der Waals surface area contributed by atoms with Crippen molar-refractivity contribution in [1.29, 1.82) is 0 Å². The SMILES string of the molecule is CC(C)CC(C)NC(=O)N1CCC(CC(=O)O)CC1. The van der Waals surface area contributed by atoms with Gasteiger partial charge in [0, 0.05) is 25.6 Å². The third kappa shape index (κ3) is 5.94. The van der Waals surface area contributed by atoms with E-state index in [1.807, 2.05) is 6.92 Å². The third-order valence-electron chi connectivity index (χ3n) is 3.56. The van der Waals surface area contributed by atoms with Crippen LogP contribution in [0, 0.1) is 11.8 Å². The minimum Gasteiger partial charge on any atom is -0.481 e. The fraction of sp³-hybridized carbons (Fsp3) is 0.857. The fourth-order valence-electron chi connectivity index (χ4n) is 2.66. The zero-order valence-corrected chi connectivity index (χ0v) is 12.2. The average Bonchev–Trinajstić information content (AvgIpc) is 2.27. The molecule has 0 aliphatic carbocycles. The summed E-state index contributed by atoms with van der Waals surface area (Å²) in [6.07, 6.45) is 2.77. The molecule has 0 aromatic rings. The van der Waals surface area contributed by atoms with Crippen molar-refractivity contribution in [2.24, 2.45) is 11.8 Å². The Hall–Kier alpha value is -1.26. The molecule has 1 heterocycles. The zero-order chi connectivity index (χ0) is 14.4. The minimum absolute atomic E-state index is 0.0121. The number of carboxylic acids is 1. The average molecular weight is 270 g/mol. The first kappa shape index (κ1) is 15.8. The Morgan fingerprint density at radius 2 is 1.84 bits per heavy atom. The van der Waals surface area contributed by atoms with Crippen LogP contribution in [0.2, 0.25) is 0 Å². The highest BCUT2D eigenvalue weighted by molar-refractivity contribution is 5.74. The van der Waals surface area contributed by atoms with Crippen LogP contribution < -0.4 is 5.32 Å². The van der Waals surface area contributed by atoms with E-state index in [1.165, 1.54) is 0 Å². The maximum Gasteiger partial charge on any atom is 0.317 e. The molecule has 1 saturated heterocycles. The summed E-state index contributed by atoms with van der Waals surface area (Å²) in [4.78, 5) is 24.5. The Bertz CT molecular complexity index is 310. The fourth-order valence-corrected chi connectivity index (χ4v) is 2.66. The van der Waals surface area contributed by atoms with Gasteiger partial charge in [-0.1, -0.05) is 13.8 Å². The van der Waals surface area contributed by atoms with E-state index in [9.17, 15) is 9.59 Å². The molecular weight excluding hydrogens is 244 g/mol. The number of amides is 2. The molecule has 0 bridgehead atoms. The first-order valence-corrected chi connectivity index (χ1v) is 7.15. The summed E-state index contributed by atoms with van der Waals surface area (Å²) in [6, 6.07) is 0.172. The van der Waals surface area contributed by atoms with Gasteiger partial charge in [0.05, 0.1) is 0 Å². The number of likely N-dealkylation sites (tertiary alicyclic amines) is 1. The van der Waals surface area contributed by atoms with Gasteiger partial charge in [-0.15, -0.1) is 0 Å². The number of hydrogen-bond donors (Lipinski definition) is 2. The van der Waals surface area contributed by atoms with Crippen LogP contribution in [0.3, 0.4) is 0 Å². The van der Waals surface area contributed by atoms with Gasteiger partial charge in [-0.05, 0) is 38.0 Å². The van der Waals surface area contributed by atoms with Crippen molar-refractivity contribution >= 4 is 12.0 Å². The number of nitrogens with one attached hydrogen (secondary N) is 1. The summed E-state index contributed by atoms with van der Waals surface area (Å²) in [5.41, 5.74) is 0. The summed E-state index contributed by atoms with van der Waals surface area (Å²) in [5.74, 6) is 0.0414. The number of carbonyl (C=O) groups excluding carboxylic acids is 1. The van der Waals surface area contributed by atoms with E-state index in [-0.39, 0.29) is 24.4 Å². The van der Waals surface area contributed by atoms with Crippen LogP contribution >= 0.6 is 0 Å². The molecular formula is C14H26N2O3. The van der Waals surface area contributed by atoms with E-state index in [4.69, 9.17) is 5.11 Å². The van der Waals surface area contributed by atoms with Crippen molar-refractivity contribution in [3.63, 3.8) is 0 Å².